The first-order chi connectivity index (χ1) is 9.63. The van der Waals surface area contributed by atoms with Gasteiger partial charge in [0.05, 0.1) is 11.8 Å². The topological polar surface area (TPSA) is 71.1 Å². The first-order valence-electron chi connectivity index (χ1n) is 7.03. The molecule has 5 heteroatoms. The van der Waals surface area contributed by atoms with Crippen LogP contribution in [0, 0.1) is 6.92 Å². The van der Waals surface area contributed by atoms with Gasteiger partial charge in [-0.3, -0.25) is 0 Å². The molecule has 1 fully saturated rings. The van der Waals surface area contributed by atoms with E-state index in [-0.39, 0.29) is 11.9 Å². The van der Waals surface area contributed by atoms with Crippen LogP contribution >= 0.6 is 0 Å². The van der Waals surface area contributed by atoms with Crippen molar-refractivity contribution in [2.24, 2.45) is 10.9 Å². The van der Waals surface area contributed by atoms with Crippen molar-refractivity contribution in [2.45, 2.75) is 32.3 Å². The van der Waals surface area contributed by atoms with Crippen molar-refractivity contribution in [3.05, 3.63) is 29.3 Å². The number of ether oxygens (including phenoxy) is 1. The van der Waals surface area contributed by atoms with E-state index in [2.05, 4.69) is 10.1 Å². The van der Waals surface area contributed by atoms with Crippen molar-refractivity contribution in [3.63, 3.8) is 0 Å². The molecule has 1 saturated heterocycles. The Bertz CT molecular complexity index is 482. The number of hydrogen-bond donors (Lipinski definition) is 2. The molecular formula is C15H23N3O2. The van der Waals surface area contributed by atoms with Crippen LogP contribution in [0.25, 0.3) is 0 Å². The molecule has 2 rings (SSSR count). The van der Waals surface area contributed by atoms with Gasteiger partial charge < -0.3 is 20.6 Å². The number of hydrogen-bond acceptors (Lipinski definition) is 4. The van der Waals surface area contributed by atoms with E-state index in [0.717, 1.165) is 42.8 Å². The van der Waals surface area contributed by atoms with Gasteiger partial charge in [-0.15, -0.1) is 0 Å². The minimum Gasteiger partial charge on any atom is -0.409 e. The summed E-state index contributed by atoms with van der Waals surface area (Å²) in [6, 6.07) is 5.81. The van der Waals surface area contributed by atoms with E-state index >= 15 is 0 Å². The smallest absolute Gasteiger partial charge is 0.172 e. The molecule has 1 aliphatic heterocycles. The van der Waals surface area contributed by atoms with Gasteiger partial charge in [-0.1, -0.05) is 17.3 Å². The average molecular weight is 277 g/mol. The lowest BCUT2D eigenvalue weighted by atomic mass is 10.0. The second-order valence-corrected chi connectivity index (χ2v) is 5.33. The molecule has 20 heavy (non-hydrogen) atoms. The monoisotopic (exact) mass is 277 g/mol. The Morgan fingerprint density at radius 2 is 2.30 bits per heavy atom. The largest absolute Gasteiger partial charge is 0.409 e. The summed E-state index contributed by atoms with van der Waals surface area (Å²) in [5.41, 5.74) is 8.63. The molecule has 5 nitrogen and oxygen atoms in total. The zero-order valence-corrected chi connectivity index (χ0v) is 12.2. The Morgan fingerprint density at radius 1 is 1.50 bits per heavy atom. The van der Waals surface area contributed by atoms with Crippen LogP contribution in [0.2, 0.25) is 0 Å². The van der Waals surface area contributed by atoms with Gasteiger partial charge in [-0.05, 0) is 37.8 Å². The maximum Gasteiger partial charge on any atom is 0.172 e. The first-order valence-corrected chi connectivity index (χ1v) is 7.03. The van der Waals surface area contributed by atoms with E-state index in [1.807, 2.05) is 32.2 Å². The second kappa shape index (κ2) is 6.61. The molecule has 1 aromatic rings. The van der Waals surface area contributed by atoms with Gasteiger partial charge in [0.1, 0.15) is 0 Å². The summed E-state index contributed by atoms with van der Waals surface area (Å²) in [6.07, 6.45) is 3.72. The zero-order valence-electron chi connectivity index (χ0n) is 12.2. The van der Waals surface area contributed by atoms with Gasteiger partial charge in [-0.2, -0.15) is 0 Å². The SMILES string of the molecule is Cc1cccc(/C(N)=N/O)c1N(C)CC1CCCCO1. The summed E-state index contributed by atoms with van der Waals surface area (Å²) in [5, 5.41) is 12.1. The zero-order chi connectivity index (χ0) is 14.5. The van der Waals surface area contributed by atoms with Crippen LogP contribution in [0.1, 0.15) is 30.4 Å². The van der Waals surface area contributed by atoms with Crippen molar-refractivity contribution in [1.82, 2.24) is 0 Å². The first kappa shape index (κ1) is 14.7. The number of oxime groups is 1. The molecule has 0 aliphatic carbocycles. The Kier molecular flexibility index (Phi) is 4.84. The molecule has 1 aromatic carbocycles. The summed E-state index contributed by atoms with van der Waals surface area (Å²) in [4.78, 5) is 2.14. The second-order valence-electron chi connectivity index (χ2n) is 5.33. The van der Waals surface area contributed by atoms with E-state index in [1.54, 1.807) is 0 Å². The van der Waals surface area contributed by atoms with Crippen LogP contribution in [0.15, 0.2) is 23.4 Å². The quantitative estimate of drug-likeness (QED) is 0.382. The lowest BCUT2D eigenvalue weighted by Crippen LogP contribution is -2.35. The van der Waals surface area contributed by atoms with E-state index in [1.165, 1.54) is 6.42 Å². The molecule has 0 spiro atoms. The molecule has 3 N–H and O–H groups in total. The van der Waals surface area contributed by atoms with Gasteiger partial charge in [0.15, 0.2) is 5.84 Å². The highest BCUT2D eigenvalue weighted by molar-refractivity contribution is 6.02. The van der Waals surface area contributed by atoms with E-state index in [0.29, 0.717) is 0 Å². The maximum atomic E-state index is 8.93. The van der Waals surface area contributed by atoms with Gasteiger partial charge in [0, 0.05) is 25.8 Å². The minimum atomic E-state index is 0.139. The number of aryl methyl sites for hydroxylation is 1. The number of nitrogens with zero attached hydrogens (tertiary/aromatic N) is 2. The molecular weight excluding hydrogens is 254 g/mol. The molecule has 0 aromatic heterocycles. The van der Waals surface area contributed by atoms with Crippen LogP contribution in [-0.2, 0) is 4.74 Å². The van der Waals surface area contributed by atoms with Crippen molar-refractivity contribution in [3.8, 4) is 0 Å². The third-order valence-corrected chi connectivity index (χ3v) is 3.75. The minimum absolute atomic E-state index is 0.139. The summed E-state index contributed by atoms with van der Waals surface area (Å²) >= 11 is 0. The van der Waals surface area contributed by atoms with Crippen LogP contribution < -0.4 is 10.6 Å². The molecule has 110 valence electrons. The molecule has 1 aliphatic rings. The number of rotatable bonds is 4. The van der Waals surface area contributed by atoms with Crippen LogP contribution in [0.5, 0.6) is 0 Å². The Balaban J connectivity index is 2.21. The van der Waals surface area contributed by atoms with Gasteiger partial charge in [0.2, 0.25) is 0 Å². The molecule has 1 heterocycles. The third-order valence-electron chi connectivity index (χ3n) is 3.75. The Morgan fingerprint density at radius 3 is 2.95 bits per heavy atom. The Labute approximate surface area is 120 Å². The summed E-state index contributed by atoms with van der Waals surface area (Å²) < 4.78 is 5.78. The molecule has 1 atom stereocenters. The van der Waals surface area contributed by atoms with Gasteiger partial charge in [-0.25, -0.2) is 0 Å². The lowest BCUT2D eigenvalue weighted by molar-refractivity contribution is 0.0216. The van der Waals surface area contributed by atoms with E-state index in [4.69, 9.17) is 15.7 Å². The summed E-state index contributed by atoms with van der Waals surface area (Å²) in [6.45, 7) is 3.69. The van der Waals surface area contributed by atoms with Crippen LogP contribution in [0.3, 0.4) is 0 Å². The number of likely N-dealkylation sites (N-methyl/N-ethyl adjacent to an activating group) is 1. The van der Waals surface area contributed by atoms with Crippen molar-refractivity contribution >= 4 is 11.5 Å². The van der Waals surface area contributed by atoms with Gasteiger partial charge in [0.25, 0.3) is 0 Å². The fourth-order valence-corrected chi connectivity index (χ4v) is 2.77. The Hall–Kier alpha value is -1.75. The van der Waals surface area contributed by atoms with Crippen LogP contribution in [0.4, 0.5) is 5.69 Å². The van der Waals surface area contributed by atoms with Crippen LogP contribution in [-0.4, -0.2) is 37.3 Å². The lowest BCUT2D eigenvalue weighted by Gasteiger charge is -2.30. The molecule has 0 amide bonds. The van der Waals surface area contributed by atoms with Crippen molar-refractivity contribution in [2.75, 3.05) is 25.1 Å². The number of amidine groups is 1. The fraction of sp³-hybridized carbons (Fsp3) is 0.533. The highest BCUT2D eigenvalue weighted by atomic mass is 16.5. The fourth-order valence-electron chi connectivity index (χ4n) is 2.77. The van der Waals surface area contributed by atoms with E-state index < -0.39 is 0 Å². The molecule has 1 unspecified atom stereocenters. The van der Waals surface area contributed by atoms with Gasteiger partial charge >= 0.3 is 0 Å². The summed E-state index contributed by atoms with van der Waals surface area (Å²) in [5.74, 6) is 0.139. The number of benzene rings is 1. The highest BCUT2D eigenvalue weighted by Gasteiger charge is 2.19. The molecule has 0 saturated carbocycles. The predicted molar refractivity (Wildman–Crippen MR) is 80.6 cm³/mol. The highest BCUT2D eigenvalue weighted by Crippen LogP contribution is 2.25. The van der Waals surface area contributed by atoms with E-state index in [9.17, 15) is 0 Å². The summed E-state index contributed by atoms with van der Waals surface area (Å²) in [7, 11) is 2.02. The number of para-hydroxylation sites is 1. The number of nitrogens with two attached hydrogens (primary N) is 1. The third kappa shape index (κ3) is 3.22. The molecule has 0 bridgehead atoms. The predicted octanol–water partition coefficient (Wildman–Crippen LogP) is 2.09. The standard InChI is InChI=1S/C15H23N3O2/c1-11-6-5-8-13(15(16)17-19)14(11)18(2)10-12-7-3-4-9-20-12/h5-6,8,12,19H,3-4,7,9-10H2,1-2H3,(H2,16,17). The number of anilines is 1. The van der Waals surface area contributed by atoms with Crippen molar-refractivity contribution < 1.29 is 9.94 Å². The maximum absolute atomic E-state index is 8.93. The normalized spacial score (nSPS) is 19.9. The average Bonchev–Trinajstić information content (AvgIpc) is 2.47. The molecule has 0 radical (unpaired) electrons. The van der Waals surface area contributed by atoms with Crippen molar-refractivity contribution in [1.29, 1.82) is 0 Å².